The number of aromatic nitrogens is 3. The first-order valence-electron chi connectivity index (χ1n) is 17.2. The fourth-order valence-corrected chi connectivity index (χ4v) is 7.08. The molecule has 0 spiro atoms. The topological polar surface area (TPSA) is 71.6 Å². The first kappa shape index (κ1) is 36.3. The molecule has 1 aliphatic rings. The quantitative estimate of drug-likeness (QED) is 0.134. The van der Waals surface area contributed by atoms with Crippen LogP contribution in [0.1, 0.15) is 112 Å². The summed E-state index contributed by atoms with van der Waals surface area (Å²) in [5.74, 6) is -4.90. The molecule has 5 rings (SSSR count). The van der Waals surface area contributed by atoms with Gasteiger partial charge in [0.25, 0.3) is 5.56 Å². The van der Waals surface area contributed by atoms with E-state index in [1.807, 2.05) is 53.7 Å². The van der Waals surface area contributed by atoms with Crippen molar-refractivity contribution in [3.63, 3.8) is 0 Å². The minimum atomic E-state index is -2.95. The van der Waals surface area contributed by atoms with Crippen LogP contribution in [0.25, 0.3) is 16.7 Å². The summed E-state index contributed by atoms with van der Waals surface area (Å²) in [5.41, 5.74) is 1.62. The Morgan fingerprint density at radius 3 is 2.14 bits per heavy atom. The van der Waals surface area contributed by atoms with Gasteiger partial charge in [0.05, 0.1) is 16.8 Å². The monoisotopic (exact) mass is 680 g/mol. The highest BCUT2D eigenvalue weighted by Crippen LogP contribution is 2.46. The molecule has 2 aromatic carbocycles. The molecule has 0 radical (unpaired) electrons. The summed E-state index contributed by atoms with van der Waals surface area (Å²) in [7, 11) is 0. The van der Waals surface area contributed by atoms with Gasteiger partial charge in [0, 0.05) is 36.1 Å². The molecule has 1 saturated carbocycles. The van der Waals surface area contributed by atoms with Crippen molar-refractivity contribution >= 4 is 16.7 Å². The molecular formula is C39H45F5N4O. The fourth-order valence-electron chi connectivity index (χ4n) is 7.08. The van der Waals surface area contributed by atoms with E-state index in [1.165, 1.54) is 22.8 Å². The van der Waals surface area contributed by atoms with Gasteiger partial charge < -0.3 is 5.41 Å². The molecule has 0 aliphatic heterocycles. The Morgan fingerprint density at radius 1 is 0.939 bits per heavy atom. The van der Waals surface area contributed by atoms with E-state index in [0.717, 1.165) is 29.2 Å². The van der Waals surface area contributed by atoms with Gasteiger partial charge in [-0.1, -0.05) is 40.7 Å². The Kier molecular flexibility index (Phi) is 10.2. The Balaban J connectivity index is 1.82. The molecule has 0 bridgehead atoms. The van der Waals surface area contributed by atoms with Crippen LogP contribution in [0.3, 0.4) is 0 Å². The minimum Gasteiger partial charge on any atom is -0.304 e. The lowest BCUT2D eigenvalue weighted by Crippen LogP contribution is -2.34. The maximum Gasteiger partial charge on any atom is 0.267 e. The second kappa shape index (κ2) is 13.8. The smallest absolute Gasteiger partial charge is 0.267 e. The molecule has 0 amide bonds. The number of aryl methyl sites for hydroxylation is 2. The SMILES string of the molecule is CCc1ccc(-n2c(C(Cc3cc(F)cc(F)c3)C(C)C)nc3nc(C4(F)CCC(F)(F)CC4)cc(C)c3c2=O)c(C)c1C(=N)C(C)CC. The van der Waals surface area contributed by atoms with E-state index in [1.54, 1.807) is 6.92 Å². The van der Waals surface area contributed by atoms with Crippen molar-refractivity contribution in [3.8, 4) is 5.69 Å². The zero-order valence-electron chi connectivity index (χ0n) is 29.3. The van der Waals surface area contributed by atoms with Gasteiger partial charge in [-0.3, -0.25) is 9.36 Å². The summed E-state index contributed by atoms with van der Waals surface area (Å²) in [6.07, 6.45) is -0.464. The van der Waals surface area contributed by atoms with Crippen molar-refractivity contribution in [2.75, 3.05) is 0 Å². The zero-order valence-corrected chi connectivity index (χ0v) is 29.3. The van der Waals surface area contributed by atoms with Crippen LogP contribution in [0.4, 0.5) is 22.0 Å². The van der Waals surface area contributed by atoms with Crippen molar-refractivity contribution < 1.29 is 22.0 Å². The lowest BCUT2D eigenvalue weighted by atomic mass is 9.81. The molecule has 2 heterocycles. The molecule has 5 nitrogen and oxygen atoms in total. The molecule has 0 saturated heterocycles. The molecule has 1 aliphatic carbocycles. The van der Waals surface area contributed by atoms with Crippen LogP contribution < -0.4 is 5.56 Å². The number of rotatable bonds is 10. The molecule has 4 aromatic rings. The van der Waals surface area contributed by atoms with Crippen LogP contribution in [0, 0.1) is 42.7 Å². The lowest BCUT2D eigenvalue weighted by Gasteiger charge is -2.33. The number of hydrogen-bond acceptors (Lipinski definition) is 4. The molecule has 262 valence electrons. The van der Waals surface area contributed by atoms with Crippen molar-refractivity contribution in [2.24, 2.45) is 11.8 Å². The van der Waals surface area contributed by atoms with Gasteiger partial charge in [0.1, 0.15) is 17.5 Å². The maximum atomic E-state index is 16.3. The normalized spacial score (nSPS) is 17.0. The predicted octanol–water partition coefficient (Wildman–Crippen LogP) is 10.0. The highest BCUT2D eigenvalue weighted by molar-refractivity contribution is 6.03. The molecule has 2 atom stereocenters. The number of hydrogen-bond donors (Lipinski definition) is 1. The molecular weight excluding hydrogens is 635 g/mol. The van der Waals surface area contributed by atoms with Crippen LogP contribution in [-0.2, 0) is 18.5 Å². The third-order valence-corrected chi connectivity index (χ3v) is 10.3. The van der Waals surface area contributed by atoms with Gasteiger partial charge in [-0.25, -0.2) is 31.9 Å². The molecule has 1 fully saturated rings. The lowest BCUT2D eigenvalue weighted by molar-refractivity contribution is -0.0784. The predicted molar refractivity (Wildman–Crippen MR) is 184 cm³/mol. The zero-order chi connectivity index (χ0) is 36.0. The van der Waals surface area contributed by atoms with Gasteiger partial charge in [0.15, 0.2) is 11.3 Å². The minimum absolute atomic E-state index is 0.00733. The summed E-state index contributed by atoms with van der Waals surface area (Å²) in [6.45, 7) is 13.4. The number of nitrogens with one attached hydrogen (secondary N) is 1. The standard InChI is InChI=1S/C39H45F5N4O/c1-8-22(5)34(45)33-24(7)30(11-10-26(33)9-2)48-36(29(21(3)4)19-25-17-27(40)20-28(41)18-25)47-35-32(37(48)49)23(6)16-31(46-35)38(42)12-14-39(43,44)15-13-38/h10-11,16-18,20-22,29,45H,8-9,12-15,19H2,1-7H3. The third kappa shape index (κ3) is 7.06. The summed E-state index contributed by atoms with van der Waals surface area (Å²) < 4.78 is 74.6. The first-order valence-corrected chi connectivity index (χ1v) is 17.2. The van der Waals surface area contributed by atoms with Gasteiger partial charge in [-0.05, 0) is 104 Å². The van der Waals surface area contributed by atoms with Crippen LogP contribution in [0.5, 0.6) is 0 Å². The average molecular weight is 681 g/mol. The van der Waals surface area contributed by atoms with Crippen LogP contribution in [-0.4, -0.2) is 26.2 Å². The molecule has 2 unspecified atom stereocenters. The van der Waals surface area contributed by atoms with Crippen LogP contribution >= 0.6 is 0 Å². The van der Waals surface area contributed by atoms with Crippen molar-refractivity contribution in [1.29, 1.82) is 5.41 Å². The van der Waals surface area contributed by atoms with E-state index in [2.05, 4.69) is 4.98 Å². The maximum absolute atomic E-state index is 16.3. The summed E-state index contributed by atoms with van der Waals surface area (Å²) in [4.78, 5) is 24.3. The number of nitrogens with zero attached hydrogens (tertiary/aromatic N) is 3. The highest BCUT2D eigenvalue weighted by atomic mass is 19.3. The van der Waals surface area contributed by atoms with Gasteiger partial charge in [0.2, 0.25) is 5.92 Å². The Morgan fingerprint density at radius 2 is 1.57 bits per heavy atom. The van der Waals surface area contributed by atoms with Crippen LogP contribution in [0.2, 0.25) is 0 Å². The van der Waals surface area contributed by atoms with Crippen molar-refractivity contribution in [3.05, 3.63) is 97.7 Å². The van der Waals surface area contributed by atoms with Gasteiger partial charge >= 0.3 is 0 Å². The third-order valence-electron chi connectivity index (χ3n) is 10.3. The van der Waals surface area contributed by atoms with E-state index in [4.69, 9.17) is 10.4 Å². The van der Waals surface area contributed by atoms with E-state index in [-0.39, 0.29) is 40.8 Å². The van der Waals surface area contributed by atoms with E-state index >= 15 is 4.39 Å². The summed E-state index contributed by atoms with van der Waals surface area (Å²) in [5, 5.41) is 9.25. The number of alkyl halides is 3. The van der Waals surface area contributed by atoms with Crippen molar-refractivity contribution in [1.82, 2.24) is 14.5 Å². The Bertz CT molecular complexity index is 1940. The second-order valence-electron chi connectivity index (χ2n) is 14.1. The number of halogens is 5. The highest BCUT2D eigenvalue weighted by Gasteiger charge is 2.46. The average Bonchev–Trinajstić information content (AvgIpc) is 3.03. The number of benzene rings is 2. The van der Waals surface area contributed by atoms with E-state index in [9.17, 15) is 22.4 Å². The summed E-state index contributed by atoms with van der Waals surface area (Å²) >= 11 is 0. The second-order valence-corrected chi connectivity index (χ2v) is 14.1. The van der Waals surface area contributed by atoms with Crippen molar-refractivity contribution in [2.45, 2.75) is 111 Å². The number of fused-ring (bicyclic) bond motifs is 1. The van der Waals surface area contributed by atoms with E-state index < -0.39 is 60.4 Å². The van der Waals surface area contributed by atoms with E-state index in [0.29, 0.717) is 28.9 Å². The van der Waals surface area contributed by atoms with Gasteiger partial charge in [-0.15, -0.1) is 0 Å². The Hall–Kier alpha value is -3.95. The molecule has 2 aromatic heterocycles. The Labute approximate surface area is 284 Å². The fraction of sp³-hybridized carbons (Fsp3) is 0.487. The molecule has 1 N–H and O–H groups in total. The number of pyridine rings is 1. The van der Waals surface area contributed by atoms with Crippen LogP contribution in [0.15, 0.2) is 41.2 Å². The first-order chi connectivity index (χ1) is 23.0. The summed E-state index contributed by atoms with van der Waals surface area (Å²) in [6, 6.07) is 8.52. The molecule has 49 heavy (non-hydrogen) atoms. The largest absolute Gasteiger partial charge is 0.304 e. The van der Waals surface area contributed by atoms with Gasteiger partial charge in [-0.2, -0.15) is 0 Å². The molecule has 10 heteroatoms.